The summed E-state index contributed by atoms with van der Waals surface area (Å²) in [6, 6.07) is 8.19. The summed E-state index contributed by atoms with van der Waals surface area (Å²) in [6.45, 7) is 2.06. The lowest BCUT2D eigenvalue weighted by Gasteiger charge is -2.36. The Morgan fingerprint density at radius 3 is 2.72 bits per heavy atom. The van der Waals surface area contributed by atoms with Crippen molar-refractivity contribution in [1.29, 1.82) is 0 Å². The fourth-order valence-electron chi connectivity index (χ4n) is 2.47. The van der Waals surface area contributed by atoms with Gasteiger partial charge in [0.1, 0.15) is 5.82 Å². The predicted octanol–water partition coefficient (Wildman–Crippen LogP) is 1.54. The monoisotopic (exact) mass is 243 g/mol. The number of aromatic amines is 1. The van der Waals surface area contributed by atoms with E-state index in [9.17, 15) is 0 Å². The SMILES string of the molecule is CN1CCN(C)c2c(-c3cc(N)n[nH]3)cccc21. The van der Waals surface area contributed by atoms with Gasteiger partial charge in [0.15, 0.2) is 0 Å². The maximum Gasteiger partial charge on any atom is 0.145 e. The van der Waals surface area contributed by atoms with Crippen molar-refractivity contribution in [1.82, 2.24) is 10.2 Å². The van der Waals surface area contributed by atoms with Crippen molar-refractivity contribution in [2.24, 2.45) is 0 Å². The van der Waals surface area contributed by atoms with E-state index in [-0.39, 0.29) is 0 Å². The summed E-state index contributed by atoms with van der Waals surface area (Å²) in [4.78, 5) is 4.56. The van der Waals surface area contributed by atoms with E-state index >= 15 is 0 Å². The van der Waals surface area contributed by atoms with Crippen molar-refractivity contribution in [3.8, 4) is 11.3 Å². The molecule has 3 N–H and O–H groups in total. The number of para-hydroxylation sites is 1. The first kappa shape index (κ1) is 11.0. The maximum atomic E-state index is 5.69. The van der Waals surface area contributed by atoms with E-state index in [2.05, 4.69) is 52.3 Å². The van der Waals surface area contributed by atoms with Gasteiger partial charge in [-0.3, -0.25) is 5.10 Å². The quantitative estimate of drug-likeness (QED) is 0.797. The van der Waals surface area contributed by atoms with Crippen LogP contribution in [0.2, 0.25) is 0 Å². The molecule has 0 unspecified atom stereocenters. The van der Waals surface area contributed by atoms with E-state index < -0.39 is 0 Å². The topological polar surface area (TPSA) is 61.2 Å². The molecule has 0 bridgehead atoms. The van der Waals surface area contributed by atoms with Crippen LogP contribution in [0.4, 0.5) is 17.2 Å². The Hall–Kier alpha value is -2.17. The van der Waals surface area contributed by atoms with Crippen LogP contribution < -0.4 is 15.5 Å². The van der Waals surface area contributed by atoms with E-state index in [0.717, 1.165) is 24.3 Å². The van der Waals surface area contributed by atoms with Gasteiger partial charge in [-0.2, -0.15) is 5.10 Å². The summed E-state index contributed by atoms with van der Waals surface area (Å²) in [5.41, 5.74) is 10.3. The Morgan fingerprint density at radius 2 is 2.00 bits per heavy atom. The lowest BCUT2D eigenvalue weighted by Crippen LogP contribution is -2.37. The highest BCUT2D eigenvalue weighted by atomic mass is 15.2. The zero-order chi connectivity index (χ0) is 12.7. The first-order chi connectivity index (χ1) is 8.66. The van der Waals surface area contributed by atoms with Crippen LogP contribution >= 0.6 is 0 Å². The first-order valence-electron chi connectivity index (χ1n) is 6.03. The van der Waals surface area contributed by atoms with E-state index in [4.69, 9.17) is 5.73 Å². The smallest absolute Gasteiger partial charge is 0.145 e. The summed E-state index contributed by atoms with van der Waals surface area (Å²) >= 11 is 0. The number of hydrogen-bond acceptors (Lipinski definition) is 4. The fraction of sp³-hybridized carbons (Fsp3) is 0.308. The van der Waals surface area contributed by atoms with Gasteiger partial charge in [-0.25, -0.2) is 0 Å². The first-order valence-corrected chi connectivity index (χ1v) is 6.03. The number of aromatic nitrogens is 2. The number of nitrogens with zero attached hydrogens (tertiary/aromatic N) is 3. The molecule has 1 aliphatic heterocycles. The van der Waals surface area contributed by atoms with Gasteiger partial charge in [0.2, 0.25) is 0 Å². The van der Waals surface area contributed by atoms with Crippen LogP contribution in [-0.2, 0) is 0 Å². The largest absolute Gasteiger partial charge is 0.382 e. The number of hydrogen-bond donors (Lipinski definition) is 2. The Morgan fingerprint density at radius 1 is 1.22 bits per heavy atom. The van der Waals surface area contributed by atoms with Gasteiger partial charge in [-0.1, -0.05) is 12.1 Å². The van der Waals surface area contributed by atoms with Crippen molar-refractivity contribution >= 4 is 17.2 Å². The molecule has 18 heavy (non-hydrogen) atoms. The van der Waals surface area contributed by atoms with E-state index in [1.807, 2.05) is 6.07 Å². The summed E-state index contributed by atoms with van der Waals surface area (Å²) in [7, 11) is 4.24. The normalized spacial score (nSPS) is 14.8. The third kappa shape index (κ3) is 1.59. The van der Waals surface area contributed by atoms with Crippen molar-refractivity contribution in [2.45, 2.75) is 0 Å². The molecular formula is C13H17N5. The Kier molecular flexibility index (Phi) is 2.40. The number of nitrogen functional groups attached to an aromatic ring is 1. The molecule has 0 spiro atoms. The van der Waals surface area contributed by atoms with Crippen LogP contribution in [0.1, 0.15) is 0 Å². The number of rotatable bonds is 1. The Balaban J connectivity index is 2.19. The van der Waals surface area contributed by atoms with Crippen molar-refractivity contribution < 1.29 is 0 Å². The molecule has 0 saturated heterocycles. The molecular weight excluding hydrogens is 226 g/mol. The van der Waals surface area contributed by atoms with Crippen LogP contribution in [0.25, 0.3) is 11.3 Å². The maximum absolute atomic E-state index is 5.69. The van der Waals surface area contributed by atoms with Gasteiger partial charge < -0.3 is 15.5 Å². The molecule has 5 heteroatoms. The van der Waals surface area contributed by atoms with Crippen LogP contribution in [0, 0.1) is 0 Å². The number of nitrogens with one attached hydrogen (secondary N) is 1. The van der Waals surface area contributed by atoms with Crippen molar-refractivity contribution in [3.63, 3.8) is 0 Å². The highest BCUT2D eigenvalue weighted by Gasteiger charge is 2.21. The van der Waals surface area contributed by atoms with Crippen LogP contribution in [-0.4, -0.2) is 37.4 Å². The van der Waals surface area contributed by atoms with Crippen molar-refractivity contribution in [3.05, 3.63) is 24.3 Å². The summed E-state index contributed by atoms with van der Waals surface area (Å²) < 4.78 is 0. The van der Waals surface area contributed by atoms with Crippen LogP contribution in [0.3, 0.4) is 0 Å². The molecule has 1 aliphatic rings. The average Bonchev–Trinajstić information content (AvgIpc) is 2.80. The number of anilines is 3. The molecule has 0 atom stereocenters. The van der Waals surface area contributed by atoms with Gasteiger partial charge in [0.05, 0.1) is 17.1 Å². The second-order valence-electron chi connectivity index (χ2n) is 4.72. The fourth-order valence-corrected chi connectivity index (χ4v) is 2.47. The van der Waals surface area contributed by atoms with E-state index in [1.165, 1.54) is 11.4 Å². The predicted molar refractivity (Wildman–Crippen MR) is 75.0 cm³/mol. The standard InChI is InChI=1S/C13H17N5/c1-17-6-7-18(2)13-9(4-3-5-11(13)17)10-8-12(14)16-15-10/h3-5,8H,6-7H2,1-2H3,(H3,14,15,16). The summed E-state index contributed by atoms with van der Waals surface area (Å²) in [5, 5.41) is 6.99. The van der Waals surface area contributed by atoms with Gasteiger partial charge >= 0.3 is 0 Å². The van der Waals surface area contributed by atoms with Crippen LogP contribution in [0.5, 0.6) is 0 Å². The minimum Gasteiger partial charge on any atom is -0.382 e. The molecule has 0 amide bonds. The van der Waals surface area contributed by atoms with E-state index in [0.29, 0.717) is 5.82 Å². The highest BCUT2D eigenvalue weighted by molar-refractivity contribution is 5.88. The van der Waals surface area contributed by atoms with E-state index in [1.54, 1.807) is 0 Å². The van der Waals surface area contributed by atoms with Gasteiger partial charge in [-0.15, -0.1) is 0 Å². The molecule has 0 saturated carbocycles. The summed E-state index contributed by atoms with van der Waals surface area (Å²) in [6.07, 6.45) is 0. The minimum atomic E-state index is 0.523. The lowest BCUT2D eigenvalue weighted by molar-refractivity contribution is 0.798. The highest BCUT2D eigenvalue weighted by Crippen LogP contribution is 2.39. The molecule has 2 heterocycles. The zero-order valence-corrected chi connectivity index (χ0v) is 10.6. The molecule has 5 nitrogen and oxygen atoms in total. The second kappa shape index (κ2) is 3.94. The molecule has 2 aromatic rings. The Bertz CT molecular complexity index is 575. The molecule has 1 aromatic heterocycles. The van der Waals surface area contributed by atoms with Gasteiger partial charge in [-0.05, 0) is 6.07 Å². The van der Waals surface area contributed by atoms with Gasteiger partial charge in [0, 0.05) is 38.8 Å². The molecule has 0 radical (unpaired) electrons. The second-order valence-corrected chi connectivity index (χ2v) is 4.72. The number of H-pyrrole nitrogens is 1. The summed E-state index contributed by atoms with van der Waals surface area (Å²) in [5.74, 6) is 0.523. The molecule has 0 fully saturated rings. The van der Waals surface area contributed by atoms with Crippen molar-refractivity contribution in [2.75, 3.05) is 42.7 Å². The number of fused-ring (bicyclic) bond motifs is 1. The van der Waals surface area contributed by atoms with Crippen LogP contribution in [0.15, 0.2) is 24.3 Å². The van der Waals surface area contributed by atoms with Gasteiger partial charge in [0.25, 0.3) is 0 Å². The lowest BCUT2D eigenvalue weighted by atomic mass is 10.0. The molecule has 94 valence electrons. The zero-order valence-electron chi connectivity index (χ0n) is 10.6. The molecule has 1 aromatic carbocycles. The Labute approximate surface area is 106 Å². The average molecular weight is 243 g/mol. The number of likely N-dealkylation sites (N-methyl/N-ethyl adjacent to an activating group) is 2. The third-order valence-electron chi connectivity index (χ3n) is 3.47. The molecule has 3 rings (SSSR count). The number of benzene rings is 1. The minimum absolute atomic E-state index is 0.523. The number of nitrogens with two attached hydrogens (primary N) is 1. The molecule has 0 aliphatic carbocycles. The third-order valence-corrected chi connectivity index (χ3v) is 3.47.